The number of carbonyl (C=O) groups excluding carboxylic acids is 1. The van der Waals surface area contributed by atoms with Crippen molar-refractivity contribution in [3.63, 3.8) is 0 Å². The number of H-pyrrole nitrogens is 1. The van der Waals surface area contributed by atoms with Gasteiger partial charge in [0.2, 0.25) is 0 Å². The van der Waals surface area contributed by atoms with Crippen LogP contribution in [0.1, 0.15) is 23.0 Å². The highest BCUT2D eigenvalue weighted by molar-refractivity contribution is 8.00. The number of hydrogen-bond acceptors (Lipinski definition) is 5. The lowest BCUT2D eigenvalue weighted by atomic mass is 10.1. The first-order chi connectivity index (χ1) is 14.4. The molecule has 0 fully saturated rings. The monoisotopic (exact) mass is 420 g/mol. The molecule has 2 heterocycles. The number of carbonyl (C=O) groups is 1. The van der Waals surface area contributed by atoms with Crippen molar-refractivity contribution < 1.29 is 4.79 Å². The fourth-order valence-corrected chi connectivity index (χ4v) is 4.26. The number of thioether (sulfide) groups is 1. The van der Waals surface area contributed by atoms with E-state index in [1.807, 2.05) is 30.3 Å². The minimum Gasteiger partial charge on any atom is -0.301 e. The Morgan fingerprint density at radius 2 is 1.73 bits per heavy atom. The molecule has 0 bridgehead atoms. The minimum atomic E-state index is -0.604. The normalized spacial score (nSPS) is 12.2. The molecule has 1 unspecified atom stereocenters. The van der Waals surface area contributed by atoms with Gasteiger partial charge in [-0.2, -0.15) is 0 Å². The summed E-state index contributed by atoms with van der Waals surface area (Å²) in [7, 11) is 1.75. The summed E-state index contributed by atoms with van der Waals surface area (Å²) in [5.41, 5.74) is 1.35. The Morgan fingerprint density at radius 3 is 2.47 bits per heavy atom. The van der Waals surface area contributed by atoms with Crippen LogP contribution in [0.4, 0.5) is 0 Å². The molecule has 0 saturated carbocycles. The van der Waals surface area contributed by atoms with Crippen molar-refractivity contribution in [2.75, 3.05) is 0 Å². The van der Waals surface area contributed by atoms with Crippen LogP contribution in [0.2, 0.25) is 0 Å². The SMILES string of the molecule is Cc1c(C(=O)C(C)Sc2nc3ccccc3c(=O)[nH]2)c(=O)n(-c2ccccc2)n1C. The zero-order valence-corrected chi connectivity index (χ0v) is 17.6. The molecule has 30 heavy (non-hydrogen) atoms. The van der Waals surface area contributed by atoms with Gasteiger partial charge in [-0.1, -0.05) is 42.1 Å². The van der Waals surface area contributed by atoms with Gasteiger partial charge >= 0.3 is 0 Å². The summed E-state index contributed by atoms with van der Waals surface area (Å²) in [5, 5.41) is 0.231. The highest BCUT2D eigenvalue weighted by Crippen LogP contribution is 2.23. The predicted molar refractivity (Wildman–Crippen MR) is 118 cm³/mol. The van der Waals surface area contributed by atoms with E-state index in [9.17, 15) is 14.4 Å². The van der Waals surface area contributed by atoms with Crippen LogP contribution in [0.3, 0.4) is 0 Å². The van der Waals surface area contributed by atoms with E-state index in [1.165, 1.54) is 4.68 Å². The zero-order valence-electron chi connectivity index (χ0n) is 16.7. The van der Waals surface area contributed by atoms with E-state index in [0.29, 0.717) is 27.4 Å². The molecule has 1 N–H and O–H groups in total. The highest BCUT2D eigenvalue weighted by Gasteiger charge is 2.27. The maximum absolute atomic E-state index is 13.2. The smallest absolute Gasteiger partial charge is 0.282 e. The summed E-state index contributed by atoms with van der Waals surface area (Å²) >= 11 is 1.13. The van der Waals surface area contributed by atoms with Crippen LogP contribution in [0.5, 0.6) is 0 Å². The fourth-order valence-electron chi connectivity index (χ4n) is 3.40. The second kappa shape index (κ2) is 7.79. The van der Waals surface area contributed by atoms with Gasteiger partial charge in [-0.05, 0) is 38.1 Å². The molecule has 0 spiro atoms. The second-order valence-corrected chi connectivity index (χ2v) is 8.28. The van der Waals surface area contributed by atoms with Gasteiger partial charge in [0, 0.05) is 12.7 Å². The number of aromatic nitrogens is 4. The number of rotatable bonds is 5. The number of nitrogens with one attached hydrogen (secondary N) is 1. The molecule has 8 heteroatoms. The molecule has 2 aromatic heterocycles. The number of Topliss-reactive ketones (excluding diaryl/α,β-unsaturated/α-hetero) is 1. The van der Waals surface area contributed by atoms with E-state index >= 15 is 0 Å². The standard InChI is InChI=1S/C22H20N4O3S/c1-13-18(21(29)26(25(13)3)15-9-5-4-6-10-15)19(27)14(2)30-22-23-17-12-8-7-11-16(17)20(28)24-22/h4-12,14H,1-3H3,(H,23,24,28). The predicted octanol–water partition coefficient (Wildman–Crippen LogP) is 3.08. The van der Waals surface area contributed by atoms with Gasteiger partial charge in [0.25, 0.3) is 11.1 Å². The summed E-state index contributed by atoms with van der Waals surface area (Å²) in [6, 6.07) is 16.2. The average molecular weight is 420 g/mol. The molecule has 0 radical (unpaired) electrons. The average Bonchev–Trinajstić information content (AvgIpc) is 2.96. The Kier molecular flexibility index (Phi) is 5.17. The van der Waals surface area contributed by atoms with Gasteiger partial charge in [-0.3, -0.25) is 19.1 Å². The summed E-state index contributed by atoms with van der Waals surface area (Å²) in [6.45, 7) is 3.46. The van der Waals surface area contributed by atoms with Crippen LogP contribution in [0, 0.1) is 6.92 Å². The van der Waals surface area contributed by atoms with Crippen molar-refractivity contribution in [1.82, 2.24) is 19.3 Å². The number of hydrogen-bond donors (Lipinski definition) is 1. The molecule has 4 aromatic rings. The van der Waals surface area contributed by atoms with Gasteiger partial charge in [0.1, 0.15) is 5.56 Å². The number of ketones is 1. The van der Waals surface area contributed by atoms with Gasteiger partial charge in [-0.25, -0.2) is 9.67 Å². The van der Waals surface area contributed by atoms with Crippen LogP contribution >= 0.6 is 11.8 Å². The Balaban J connectivity index is 1.69. The summed E-state index contributed by atoms with van der Waals surface area (Å²) in [5.74, 6) is -0.302. The first-order valence-electron chi connectivity index (χ1n) is 9.42. The van der Waals surface area contributed by atoms with Gasteiger partial charge < -0.3 is 4.98 Å². The number of para-hydroxylation sites is 2. The largest absolute Gasteiger partial charge is 0.301 e. The van der Waals surface area contributed by atoms with Crippen LogP contribution in [-0.4, -0.2) is 30.4 Å². The van der Waals surface area contributed by atoms with Crippen LogP contribution in [0.15, 0.2) is 69.3 Å². The van der Waals surface area contributed by atoms with Crippen LogP contribution in [0.25, 0.3) is 16.6 Å². The van der Waals surface area contributed by atoms with Crippen molar-refractivity contribution >= 4 is 28.4 Å². The van der Waals surface area contributed by atoms with E-state index < -0.39 is 5.25 Å². The van der Waals surface area contributed by atoms with Crippen molar-refractivity contribution in [3.05, 3.63) is 86.6 Å². The topological polar surface area (TPSA) is 89.8 Å². The Labute approximate surface area is 176 Å². The zero-order chi connectivity index (χ0) is 21.4. The lowest BCUT2D eigenvalue weighted by Gasteiger charge is -2.09. The van der Waals surface area contributed by atoms with E-state index in [1.54, 1.807) is 49.8 Å². The summed E-state index contributed by atoms with van der Waals surface area (Å²) in [4.78, 5) is 45.7. The van der Waals surface area contributed by atoms with Gasteiger partial charge in [-0.15, -0.1) is 0 Å². The number of fused-ring (bicyclic) bond motifs is 1. The first kappa shape index (κ1) is 19.9. The third-order valence-electron chi connectivity index (χ3n) is 5.05. The molecule has 152 valence electrons. The number of nitrogens with zero attached hydrogens (tertiary/aromatic N) is 3. The number of benzene rings is 2. The fraction of sp³-hybridized carbons (Fsp3) is 0.182. The molecule has 4 rings (SSSR count). The second-order valence-electron chi connectivity index (χ2n) is 6.95. The Hall–Kier alpha value is -3.39. The van der Waals surface area contributed by atoms with Crippen molar-refractivity contribution in [3.8, 4) is 5.69 Å². The summed E-state index contributed by atoms with van der Waals surface area (Å²) in [6.07, 6.45) is 0. The molecular weight excluding hydrogens is 400 g/mol. The first-order valence-corrected chi connectivity index (χ1v) is 10.3. The minimum absolute atomic E-state index is 0.143. The lowest BCUT2D eigenvalue weighted by Crippen LogP contribution is -2.26. The molecule has 2 aromatic carbocycles. The van der Waals surface area contributed by atoms with Crippen molar-refractivity contribution in [1.29, 1.82) is 0 Å². The molecule has 1 atom stereocenters. The lowest BCUT2D eigenvalue weighted by molar-refractivity contribution is 0.0992. The summed E-state index contributed by atoms with van der Waals surface area (Å²) < 4.78 is 3.16. The van der Waals surface area contributed by atoms with Crippen LogP contribution < -0.4 is 11.1 Å². The molecular formula is C22H20N4O3S. The quantitative estimate of drug-likeness (QED) is 0.304. The van der Waals surface area contributed by atoms with E-state index in [2.05, 4.69) is 9.97 Å². The highest BCUT2D eigenvalue weighted by atomic mass is 32.2. The molecule has 7 nitrogen and oxygen atoms in total. The molecule has 0 saturated heterocycles. The maximum Gasteiger partial charge on any atom is 0.282 e. The van der Waals surface area contributed by atoms with E-state index in [0.717, 1.165) is 11.8 Å². The van der Waals surface area contributed by atoms with Crippen molar-refractivity contribution in [2.45, 2.75) is 24.3 Å². The van der Waals surface area contributed by atoms with Gasteiger partial charge in [0.05, 0.1) is 21.8 Å². The van der Waals surface area contributed by atoms with Gasteiger partial charge in [0.15, 0.2) is 10.9 Å². The van der Waals surface area contributed by atoms with Crippen LogP contribution in [-0.2, 0) is 7.05 Å². The van der Waals surface area contributed by atoms with E-state index in [-0.39, 0.29) is 22.5 Å². The molecule has 0 aliphatic heterocycles. The third-order valence-corrected chi connectivity index (χ3v) is 6.03. The van der Waals surface area contributed by atoms with E-state index in [4.69, 9.17) is 0 Å². The van der Waals surface area contributed by atoms with Crippen molar-refractivity contribution in [2.24, 2.45) is 7.05 Å². The maximum atomic E-state index is 13.2. The Morgan fingerprint density at radius 1 is 1.07 bits per heavy atom. The Bertz CT molecular complexity index is 1370. The molecule has 0 aliphatic rings. The third kappa shape index (κ3) is 3.39. The molecule has 0 aliphatic carbocycles. The molecule has 0 amide bonds. The number of aromatic amines is 1.